The van der Waals surface area contributed by atoms with Gasteiger partial charge in [0.15, 0.2) is 16.6 Å². The molecule has 5 nitrogen and oxygen atoms in total. The summed E-state index contributed by atoms with van der Waals surface area (Å²) in [7, 11) is 3.19. The molecular formula is C14H15N3O2S. The van der Waals surface area contributed by atoms with E-state index in [4.69, 9.17) is 21.7 Å². The topological polar surface area (TPSA) is 55.4 Å². The van der Waals surface area contributed by atoms with Crippen LogP contribution in [0.5, 0.6) is 11.5 Å². The van der Waals surface area contributed by atoms with E-state index in [1.165, 1.54) is 0 Å². The number of benzene rings is 1. The minimum atomic E-state index is 0.477. The molecule has 6 heteroatoms. The number of aromatic nitrogens is 1. The third-order valence-corrected chi connectivity index (χ3v) is 2.76. The van der Waals surface area contributed by atoms with Gasteiger partial charge >= 0.3 is 0 Å². The molecule has 0 bridgehead atoms. The lowest BCUT2D eigenvalue weighted by atomic mass is 10.3. The molecule has 1 aromatic heterocycles. The fourth-order valence-corrected chi connectivity index (χ4v) is 1.88. The van der Waals surface area contributed by atoms with Gasteiger partial charge in [0.25, 0.3) is 0 Å². The first-order valence-corrected chi connectivity index (χ1v) is 6.34. The summed E-state index contributed by atoms with van der Waals surface area (Å²) in [6, 6.07) is 9.21. The van der Waals surface area contributed by atoms with Gasteiger partial charge in [-0.2, -0.15) is 0 Å². The molecule has 0 saturated heterocycles. The Balaban J connectivity index is 2.04. The van der Waals surface area contributed by atoms with Crippen LogP contribution in [0.4, 0.5) is 11.4 Å². The number of pyridine rings is 1. The van der Waals surface area contributed by atoms with Crippen molar-refractivity contribution >= 4 is 28.7 Å². The van der Waals surface area contributed by atoms with E-state index in [0.29, 0.717) is 16.6 Å². The average molecular weight is 289 g/mol. The summed E-state index contributed by atoms with van der Waals surface area (Å²) < 4.78 is 10.4. The van der Waals surface area contributed by atoms with Crippen LogP contribution < -0.4 is 20.1 Å². The van der Waals surface area contributed by atoms with E-state index in [2.05, 4.69) is 15.6 Å². The Morgan fingerprint density at radius 1 is 1.05 bits per heavy atom. The number of methoxy groups -OCH3 is 2. The largest absolute Gasteiger partial charge is 0.493 e. The van der Waals surface area contributed by atoms with Gasteiger partial charge < -0.3 is 20.1 Å². The molecule has 0 atom stereocenters. The van der Waals surface area contributed by atoms with Crippen LogP contribution in [0.3, 0.4) is 0 Å². The van der Waals surface area contributed by atoms with E-state index >= 15 is 0 Å². The summed E-state index contributed by atoms with van der Waals surface area (Å²) >= 11 is 5.24. The molecule has 0 radical (unpaired) electrons. The van der Waals surface area contributed by atoms with Crippen LogP contribution in [-0.2, 0) is 0 Å². The average Bonchev–Trinajstić information content (AvgIpc) is 2.48. The van der Waals surface area contributed by atoms with Crippen molar-refractivity contribution in [3.05, 3.63) is 42.7 Å². The standard InChI is InChI=1S/C14H15N3O2S/c1-18-12-6-5-10(8-13(12)19-2)16-14(20)17-11-4-3-7-15-9-11/h3-9H,1-2H3,(H2,16,17,20). The van der Waals surface area contributed by atoms with E-state index in [1.807, 2.05) is 30.3 Å². The SMILES string of the molecule is COc1ccc(NC(=S)Nc2cccnc2)cc1OC. The molecular weight excluding hydrogens is 274 g/mol. The molecule has 0 fully saturated rings. The highest BCUT2D eigenvalue weighted by Crippen LogP contribution is 2.29. The van der Waals surface area contributed by atoms with Crippen molar-refractivity contribution in [2.75, 3.05) is 24.9 Å². The molecule has 104 valence electrons. The van der Waals surface area contributed by atoms with Crippen LogP contribution in [0.25, 0.3) is 0 Å². The summed E-state index contributed by atoms with van der Waals surface area (Å²) in [6.45, 7) is 0. The van der Waals surface area contributed by atoms with Crippen molar-refractivity contribution in [3.63, 3.8) is 0 Å². The number of thiocarbonyl (C=S) groups is 1. The smallest absolute Gasteiger partial charge is 0.175 e. The minimum absolute atomic E-state index is 0.477. The van der Waals surface area contributed by atoms with Gasteiger partial charge in [-0.25, -0.2) is 0 Å². The maximum atomic E-state index is 5.24. The Kier molecular flexibility index (Phi) is 4.73. The molecule has 0 aliphatic heterocycles. The molecule has 2 N–H and O–H groups in total. The number of rotatable bonds is 4. The van der Waals surface area contributed by atoms with Crippen molar-refractivity contribution in [3.8, 4) is 11.5 Å². The first-order chi connectivity index (χ1) is 9.72. The van der Waals surface area contributed by atoms with Gasteiger partial charge in [-0.15, -0.1) is 0 Å². The zero-order valence-corrected chi connectivity index (χ0v) is 12.0. The van der Waals surface area contributed by atoms with Gasteiger partial charge in [0.1, 0.15) is 0 Å². The van der Waals surface area contributed by atoms with Gasteiger partial charge in [-0.05, 0) is 36.5 Å². The predicted molar refractivity (Wildman–Crippen MR) is 83.6 cm³/mol. The number of ether oxygens (including phenoxy) is 2. The fraction of sp³-hybridized carbons (Fsp3) is 0.143. The van der Waals surface area contributed by atoms with Crippen molar-refractivity contribution in [2.24, 2.45) is 0 Å². The summed E-state index contributed by atoms with van der Waals surface area (Å²) in [5, 5.41) is 6.59. The molecule has 20 heavy (non-hydrogen) atoms. The highest BCUT2D eigenvalue weighted by Gasteiger charge is 2.05. The lowest BCUT2D eigenvalue weighted by Crippen LogP contribution is -2.19. The normalized spacial score (nSPS) is 9.70. The Morgan fingerprint density at radius 3 is 2.45 bits per heavy atom. The first-order valence-electron chi connectivity index (χ1n) is 5.93. The van der Waals surface area contributed by atoms with E-state index in [0.717, 1.165) is 11.4 Å². The lowest BCUT2D eigenvalue weighted by molar-refractivity contribution is 0.355. The van der Waals surface area contributed by atoms with Gasteiger partial charge in [0.05, 0.1) is 26.1 Å². The van der Waals surface area contributed by atoms with E-state index in [1.54, 1.807) is 26.6 Å². The highest BCUT2D eigenvalue weighted by molar-refractivity contribution is 7.80. The molecule has 0 aliphatic carbocycles. The second-order valence-electron chi connectivity index (χ2n) is 3.89. The summed E-state index contributed by atoms with van der Waals surface area (Å²) in [6.07, 6.45) is 3.40. The summed E-state index contributed by atoms with van der Waals surface area (Å²) in [5.41, 5.74) is 1.63. The molecule has 2 rings (SSSR count). The molecule has 0 aliphatic rings. The zero-order chi connectivity index (χ0) is 14.4. The maximum Gasteiger partial charge on any atom is 0.175 e. The molecule has 0 saturated carbocycles. The van der Waals surface area contributed by atoms with Gasteiger partial charge in [0, 0.05) is 18.0 Å². The quantitative estimate of drug-likeness (QED) is 0.844. The van der Waals surface area contributed by atoms with Crippen LogP contribution in [0.15, 0.2) is 42.7 Å². The van der Waals surface area contributed by atoms with Crippen molar-refractivity contribution in [1.82, 2.24) is 4.98 Å². The molecule has 2 aromatic rings. The predicted octanol–water partition coefficient (Wildman–Crippen LogP) is 2.91. The van der Waals surface area contributed by atoms with Gasteiger partial charge in [0.2, 0.25) is 0 Å². The number of hydrogen-bond acceptors (Lipinski definition) is 4. The maximum absolute atomic E-state index is 5.24. The van der Waals surface area contributed by atoms with E-state index in [9.17, 15) is 0 Å². The number of anilines is 2. The Labute approximate surface area is 122 Å². The van der Waals surface area contributed by atoms with Crippen LogP contribution >= 0.6 is 12.2 Å². The summed E-state index contributed by atoms with van der Waals surface area (Å²) in [5.74, 6) is 1.31. The van der Waals surface area contributed by atoms with Crippen LogP contribution in [0.2, 0.25) is 0 Å². The van der Waals surface area contributed by atoms with Gasteiger partial charge in [-0.1, -0.05) is 0 Å². The van der Waals surface area contributed by atoms with E-state index < -0.39 is 0 Å². The monoisotopic (exact) mass is 289 g/mol. The minimum Gasteiger partial charge on any atom is -0.493 e. The molecule has 1 heterocycles. The Hall–Kier alpha value is -2.34. The van der Waals surface area contributed by atoms with Crippen molar-refractivity contribution in [1.29, 1.82) is 0 Å². The second kappa shape index (κ2) is 6.72. The van der Waals surface area contributed by atoms with Crippen LogP contribution in [0.1, 0.15) is 0 Å². The molecule has 0 amide bonds. The van der Waals surface area contributed by atoms with Crippen molar-refractivity contribution < 1.29 is 9.47 Å². The highest BCUT2D eigenvalue weighted by atomic mass is 32.1. The summed E-state index contributed by atoms with van der Waals surface area (Å²) in [4.78, 5) is 4.01. The number of nitrogens with zero attached hydrogens (tertiary/aromatic N) is 1. The Bertz CT molecular complexity index is 590. The third-order valence-electron chi connectivity index (χ3n) is 2.56. The first kappa shape index (κ1) is 14.1. The van der Waals surface area contributed by atoms with Crippen LogP contribution in [0, 0.1) is 0 Å². The molecule has 0 unspecified atom stereocenters. The van der Waals surface area contributed by atoms with Gasteiger partial charge in [-0.3, -0.25) is 4.98 Å². The van der Waals surface area contributed by atoms with E-state index in [-0.39, 0.29) is 0 Å². The fourth-order valence-electron chi connectivity index (χ4n) is 1.64. The molecule has 0 spiro atoms. The lowest BCUT2D eigenvalue weighted by Gasteiger charge is -2.12. The zero-order valence-electron chi connectivity index (χ0n) is 11.2. The number of nitrogens with one attached hydrogen (secondary N) is 2. The Morgan fingerprint density at radius 2 is 1.80 bits per heavy atom. The second-order valence-corrected chi connectivity index (χ2v) is 4.30. The van der Waals surface area contributed by atoms with Crippen LogP contribution in [-0.4, -0.2) is 24.3 Å². The number of hydrogen-bond donors (Lipinski definition) is 2. The molecule has 1 aromatic carbocycles. The van der Waals surface area contributed by atoms with Crippen molar-refractivity contribution in [2.45, 2.75) is 0 Å². The third kappa shape index (κ3) is 3.58.